The molecular weight excluding hydrogens is 288 g/mol. The summed E-state index contributed by atoms with van der Waals surface area (Å²) in [6, 6.07) is 1.20. The second-order valence-corrected chi connectivity index (χ2v) is 4.36. The van der Waals surface area contributed by atoms with Gasteiger partial charge in [-0.15, -0.1) is 0 Å². The molecule has 1 N–H and O–H groups in total. The third-order valence-corrected chi connectivity index (χ3v) is 3.13. The van der Waals surface area contributed by atoms with Gasteiger partial charge in [0.25, 0.3) is 0 Å². The number of alkyl carbamates (subject to hydrolysis) is 1. The summed E-state index contributed by atoms with van der Waals surface area (Å²) in [6.45, 7) is -0.999. The monoisotopic (exact) mass is 303 g/mol. The number of hydrogen-bond donors (Lipinski definition) is 1. The van der Waals surface area contributed by atoms with E-state index >= 15 is 0 Å². The minimum absolute atomic E-state index is 0.0804. The third kappa shape index (κ3) is 2.79. The van der Waals surface area contributed by atoms with E-state index in [0.29, 0.717) is 5.75 Å². The molecule has 0 radical (unpaired) electrons. The number of benzene rings is 1. The van der Waals surface area contributed by atoms with E-state index in [-0.39, 0.29) is 17.1 Å². The molecule has 0 spiro atoms. The summed E-state index contributed by atoms with van der Waals surface area (Å²) in [5, 5.41) is 2.10. The van der Waals surface area contributed by atoms with Gasteiger partial charge in [-0.25, -0.2) is 13.6 Å². The van der Waals surface area contributed by atoms with E-state index in [2.05, 4.69) is 10.1 Å². The molecule has 0 saturated carbocycles. The van der Waals surface area contributed by atoms with Crippen LogP contribution in [0.15, 0.2) is 12.1 Å². The van der Waals surface area contributed by atoms with Crippen LogP contribution in [0.5, 0.6) is 17.2 Å². The zero-order valence-corrected chi connectivity index (χ0v) is 11.7. The molecule has 0 bridgehead atoms. The van der Waals surface area contributed by atoms with Crippen LogP contribution in [0.3, 0.4) is 0 Å². The Balaban J connectivity index is 2.52. The third-order valence-electron chi connectivity index (χ3n) is 3.13. The fourth-order valence-corrected chi connectivity index (χ4v) is 2.09. The molecule has 1 aromatic carbocycles. The number of carbonyl (C=O) groups excluding carboxylic acids is 1. The van der Waals surface area contributed by atoms with Crippen molar-refractivity contribution in [1.82, 2.24) is 5.32 Å². The van der Waals surface area contributed by atoms with Crippen molar-refractivity contribution in [1.29, 1.82) is 0 Å². The van der Waals surface area contributed by atoms with Crippen LogP contribution in [0.1, 0.15) is 11.6 Å². The van der Waals surface area contributed by atoms with Crippen molar-refractivity contribution in [3.05, 3.63) is 17.7 Å². The molecule has 1 aromatic rings. The Hall–Kier alpha value is -2.25. The second-order valence-electron chi connectivity index (χ2n) is 4.36. The van der Waals surface area contributed by atoms with Gasteiger partial charge in [-0.05, 0) is 6.07 Å². The predicted octanol–water partition coefficient (Wildman–Crippen LogP) is 2.13. The van der Waals surface area contributed by atoms with Crippen LogP contribution >= 0.6 is 0 Å². The highest BCUT2D eigenvalue weighted by Crippen LogP contribution is 2.43. The van der Waals surface area contributed by atoms with Gasteiger partial charge in [0.2, 0.25) is 0 Å². The molecule has 1 atom stereocenters. The molecule has 1 aliphatic rings. The minimum atomic E-state index is -3.28. The topological polar surface area (TPSA) is 66.0 Å². The Kier molecular flexibility index (Phi) is 4.06. The van der Waals surface area contributed by atoms with Gasteiger partial charge in [0.1, 0.15) is 11.8 Å². The summed E-state index contributed by atoms with van der Waals surface area (Å²) < 4.78 is 47.6. The molecule has 6 nitrogen and oxygen atoms in total. The van der Waals surface area contributed by atoms with Gasteiger partial charge in [0, 0.05) is 11.6 Å². The fourth-order valence-electron chi connectivity index (χ4n) is 2.09. The van der Waals surface area contributed by atoms with Crippen LogP contribution in [0, 0.1) is 0 Å². The summed E-state index contributed by atoms with van der Waals surface area (Å²) in [5.41, 5.74) is 0.0804. The van der Waals surface area contributed by atoms with Gasteiger partial charge in [0.05, 0.1) is 21.3 Å². The van der Waals surface area contributed by atoms with Gasteiger partial charge in [0.15, 0.2) is 18.1 Å². The number of amides is 1. The minimum Gasteiger partial charge on any atom is -0.496 e. The maximum Gasteiger partial charge on any atom is 0.408 e. The first kappa shape index (κ1) is 15.1. The van der Waals surface area contributed by atoms with E-state index in [1.165, 1.54) is 33.5 Å². The highest BCUT2D eigenvalue weighted by Gasteiger charge is 2.48. The van der Waals surface area contributed by atoms with E-state index < -0.39 is 24.7 Å². The molecule has 1 saturated heterocycles. The van der Waals surface area contributed by atoms with Crippen LogP contribution in [-0.2, 0) is 4.74 Å². The number of halogens is 2. The number of carbonyl (C=O) groups is 1. The number of hydrogen-bond acceptors (Lipinski definition) is 5. The van der Waals surface area contributed by atoms with Gasteiger partial charge in [-0.2, -0.15) is 0 Å². The first-order valence-corrected chi connectivity index (χ1v) is 6.04. The first-order valence-electron chi connectivity index (χ1n) is 6.04. The van der Waals surface area contributed by atoms with Crippen LogP contribution in [0.25, 0.3) is 0 Å². The maximum absolute atomic E-state index is 14.0. The molecule has 1 fully saturated rings. The first-order chi connectivity index (χ1) is 9.92. The normalized spacial score (nSPS) is 20.2. The zero-order valence-electron chi connectivity index (χ0n) is 11.7. The van der Waals surface area contributed by atoms with Gasteiger partial charge in [-0.1, -0.05) is 0 Å². The second kappa shape index (κ2) is 5.63. The van der Waals surface area contributed by atoms with Gasteiger partial charge < -0.3 is 24.3 Å². The van der Waals surface area contributed by atoms with Crippen molar-refractivity contribution in [2.45, 2.75) is 12.0 Å². The lowest BCUT2D eigenvalue weighted by molar-refractivity contribution is -0.104. The van der Waals surface area contributed by atoms with Gasteiger partial charge >= 0.3 is 12.0 Å². The van der Waals surface area contributed by atoms with Crippen LogP contribution < -0.4 is 19.5 Å². The number of rotatable bonds is 4. The number of alkyl halides is 2. The number of nitrogens with one attached hydrogen (secondary N) is 1. The van der Waals surface area contributed by atoms with E-state index in [0.717, 1.165) is 0 Å². The molecule has 0 aliphatic carbocycles. The molecule has 8 heteroatoms. The quantitative estimate of drug-likeness (QED) is 0.923. The summed E-state index contributed by atoms with van der Waals surface area (Å²) in [6.07, 6.45) is -0.914. The summed E-state index contributed by atoms with van der Waals surface area (Å²) in [4.78, 5) is 11.2. The number of ether oxygens (including phenoxy) is 4. The molecule has 1 heterocycles. The van der Waals surface area contributed by atoms with Crippen molar-refractivity contribution in [3.8, 4) is 17.2 Å². The Morgan fingerprint density at radius 1 is 1.14 bits per heavy atom. The molecule has 2 rings (SSSR count). The van der Waals surface area contributed by atoms with Crippen LogP contribution in [-0.4, -0.2) is 40.0 Å². The van der Waals surface area contributed by atoms with E-state index in [1.807, 2.05) is 0 Å². The average molecular weight is 303 g/mol. The Labute approximate surface area is 119 Å². The van der Waals surface area contributed by atoms with Crippen molar-refractivity contribution < 1.29 is 32.5 Å². The van der Waals surface area contributed by atoms with Crippen molar-refractivity contribution in [3.63, 3.8) is 0 Å². The van der Waals surface area contributed by atoms with Crippen LogP contribution in [0.2, 0.25) is 0 Å². The molecular formula is C13H15F2NO5. The largest absolute Gasteiger partial charge is 0.496 e. The van der Waals surface area contributed by atoms with Crippen molar-refractivity contribution >= 4 is 6.09 Å². The lowest BCUT2D eigenvalue weighted by atomic mass is 9.98. The SMILES string of the molecule is COc1cc(OC)c([C@H]2NC(=O)OCC2(F)F)cc1OC. The van der Waals surface area contributed by atoms with Gasteiger partial charge in [-0.3, -0.25) is 0 Å². The van der Waals surface area contributed by atoms with Crippen molar-refractivity contribution in [2.24, 2.45) is 0 Å². The van der Waals surface area contributed by atoms with Crippen LogP contribution in [0.4, 0.5) is 13.6 Å². The Morgan fingerprint density at radius 2 is 1.71 bits per heavy atom. The summed E-state index contributed by atoms with van der Waals surface area (Å²) in [5.74, 6) is -2.54. The lowest BCUT2D eigenvalue weighted by Gasteiger charge is -2.32. The highest BCUT2D eigenvalue weighted by molar-refractivity contribution is 5.70. The van der Waals surface area contributed by atoms with E-state index in [1.54, 1.807) is 0 Å². The smallest absolute Gasteiger partial charge is 0.408 e. The molecule has 21 heavy (non-hydrogen) atoms. The molecule has 0 unspecified atom stereocenters. The molecule has 116 valence electrons. The maximum atomic E-state index is 14.0. The zero-order chi connectivity index (χ0) is 15.6. The average Bonchev–Trinajstić information content (AvgIpc) is 2.48. The lowest BCUT2D eigenvalue weighted by Crippen LogP contribution is -2.49. The van der Waals surface area contributed by atoms with E-state index in [4.69, 9.17) is 14.2 Å². The van der Waals surface area contributed by atoms with Crippen molar-refractivity contribution in [2.75, 3.05) is 27.9 Å². The molecule has 0 aromatic heterocycles. The number of methoxy groups -OCH3 is 3. The summed E-state index contributed by atoms with van der Waals surface area (Å²) in [7, 11) is 4.14. The Morgan fingerprint density at radius 3 is 2.29 bits per heavy atom. The molecule has 1 aliphatic heterocycles. The predicted molar refractivity (Wildman–Crippen MR) is 68.3 cm³/mol. The Bertz CT molecular complexity index is 550. The highest BCUT2D eigenvalue weighted by atomic mass is 19.3. The standard InChI is InChI=1S/C13H15F2NO5/c1-18-8-5-10(20-3)9(19-2)4-7(8)11-13(14,15)6-21-12(17)16-11/h4-5,11H,6H2,1-3H3,(H,16,17)/t11-/m1/s1. The number of cyclic esters (lactones) is 1. The summed E-state index contributed by atoms with van der Waals surface area (Å²) >= 11 is 0. The fraction of sp³-hybridized carbons (Fsp3) is 0.462. The molecule has 1 amide bonds. The van der Waals surface area contributed by atoms with E-state index in [9.17, 15) is 13.6 Å².